The molecule has 1 N–H and O–H groups in total. The van der Waals surface area contributed by atoms with Gasteiger partial charge in [0.1, 0.15) is 0 Å². The lowest BCUT2D eigenvalue weighted by atomic mass is 10.2. The van der Waals surface area contributed by atoms with Crippen LogP contribution in [0.2, 0.25) is 0 Å². The van der Waals surface area contributed by atoms with Crippen molar-refractivity contribution >= 4 is 29.1 Å². The van der Waals surface area contributed by atoms with E-state index in [2.05, 4.69) is 15.2 Å². The van der Waals surface area contributed by atoms with Crippen LogP contribution in [-0.4, -0.2) is 32.6 Å². The summed E-state index contributed by atoms with van der Waals surface area (Å²) >= 11 is 6.69. The fraction of sp³-hybridized carbons (Fsp3) is 0.182. The zero-order valence-electron chi connectivity index (χ0n) is 8.89. The summed E-state index contributed by atoms with van der Waals surface area (Å²) in [6.07, 6.45) is 0. The molecule has 0 unspecified atom stereocenters. The molecule has 6 heteroatoms. The Morgan fingerprint density at radius 1 is 1.35 bits per heavy atom. The van der Waals surface area contributed by atoms with Crippen LogP contribution in [0.15, 0.2) is 35.5 Å². The predicted octanol–water partition coefficient (Wildman–Crippen LogP) is 2.37. The van der Waals surface area contributed by atoms with Gasteiger partial charge in [0.05, 0.1) is 11.6 Å². The number of hydrogen-bond donors (Lipinski definition) is 1. The van der Waals surface area contributed by atoms with E-state index in [4.69, 9.17) is 11.6 Å². The van der Waals surface area contributed by atoms with Crippen LogP contribution >= 0.6 is 23.4 Å². The third-order valence-corrected chi connectivity index (χ3v) is 3.23. The summed E-state index contributed by atoms with van der Waals surface area (Å²) in [5.41, 5.74) is 0.968. The highest BCUT2D eigenvalue weighted by Crippen LogP contribution is 2.18. The Hall–Kier alpha value is -1.33. The fourth-order valence-corrected chi connectivity index (χ4v) is 2.08. The van der Waals surface area contributed by atoms with Gasteiger partial charge in [-0.3, -0.25) is 9.89 Å². The first-order chi connectivity index (χ1) is 8.29. The van der Waals surface area contributed by atoms with E-state index in [0.717, 1.165) is 5.56 Å². The maximum absolute atomic E-state index is 11.0. The summed E-state index contributed by atoms with van der Waals surface area (Å²) in [4.78, 5) is 15.3. The van der Waals surface area contributed by atoms with Crippen molar-refractivity contribution in [3.8, 4) is 11.4 Å². The number of alkyl halides is 1. The predicted molar refractivity (Wildman–Crippen MR) is 68.3 cm³/mol. The molecule has 0 aliphatic carbocycles. The second-order valence-corrected chi connectivity index (χ2v) is 4.50. The molecule has 0 spiro atoms. The Morgan fingerprint density at radius 2 is 2.12 bits per heavy atom. The summed E-state index contributed by atoms with van der Waals surface area (Å²) in [5, 5.41) is 7.43. The van der Waals surface area contributed by atoms with Crippen LogP contribution in [0, 0.1) is 0 Å². The summed E-state index contributed by atoms with van der Waals surface area (Å²) in [6.45, 7) is 0. The van der Waals surface area contributed by atoms with E-state index in [0.29, 0.717) is 16.7 Å². The van der Waals surface area contributed by atoms with Crippen LogP contribution in [0.25, 0.3) is 11.4 Å². The van der Waals surface area contributed by atoms with Crippen LogP contribution in [0.3, 0.4) is 0 Å². The van der Waals surface area contributed by atoms with Gasteiger partial charge >= 0.3 is 0 Å². The molecule has 0 bridgehead atoms. The molecule has 88 valence electrons. The minimum absolute atomic E-state index is 0.0253. The zero-order chi connectivity index (χ0) is 12.1. The number of halogens is 1. The lowest BCUT2D eigenvalue weighted by Gasteiger charge is -1.93. The SMILES string of the molecule is O=C(CCl)CSc1n[nH]c(-c2ccccc2)n1. The Balaban J connectivity index is 2.04. The molecule has 0 atom stereocenters. The third-order valence-electron chi connectivity index (χ3n) is 2.02. The first-order valence-corrected chi connectivity index (χ1v) is 6.50. The maximum atomic E-state index is 11.0. The van der Waals surface area contributed by atoms with Gasteiger partial charge in [-0.1, -0.05) is 42.1 Å². The molecular weight excluding hydrogens is 258 g/mol. The smallest absolute Gasteiger partial charge is 0.209 e. The van der Waals surface area contributed by atoms with Crippen LogP contribution in [-0.2, 0) is 4.79 Å². The van der Waals surface area contributed by atoms with Crippen molar-refractivity contribution in [1.29, 1.82) is 0 Å². The zero-order valence-corrected chi connectivity index (χ0v) is 10.5. The Labute approximate surface area is 108 Å². The molecule has 1 heterocycles. The molecule has 0 fully saturated rings. The molecule has 2 rings (SSSR count). The molecule has 0 saturated heterocycles. The van der Waals surface area contributed by atoms with E-state index in [1.807, 2.05) is 30.3 Å². The van der Waals surface area contributed by atoms with E-state index in [1.165, 1.54) is 11.8 Å². The van der Waals surface area contributed by atoms with Gasteiger partial charge in [0.15, 0.2) is 11.6 Å². The van der Waals surface area contributed by atoms with Crippen molar-refractivity contribution in [1.82, 2.24) is 15.2 Å². The summed E-state index contributed by atoms with van der Waals surface area (Å²) < 4.78 is 0. The second-order valence-electron chi connectivity index (χ2n) is 3.29. The van der Waals surface area contributed by atoms with Gasteiger partial charge < -0.3 is 0 Å². The minimum atomic E-state index is -0.0253. The molecule has 0 amide bonds. The van der Waals surface area contributed by atoms with Crippen molar-refractivity contribution in [3.05, 3.63) is 30.3 Å². The molecule has 0 aliphatic heterocycles. The lowest BCUT2D eigenvalue weighted by molar-refractivity contribution is -0.114. The number of benzene rings is 1. The number of thioether (sulfide) groups is 1. The fourth-order valence-electron chi connectivity index (χ4n) is 1.22. The van der Waals surface area contributed by atoms with Crippen LogP contribution < -0.4 is 0 Å². The van der Waals surface area contributed by atoms with Crippen molar-refractivity contribution < 1.29 is 4.79 Å². The summed E-state index contributed by atoms with van der Waals surface area (Å²) in [6, 6.07) is 9.69. The molecule has 4 nitrogen and oxygen atoms in total. The average molecular weight is 268 g/mol. The van der Waals surface area contributed by atoms with Gasteiger partial charge in [-0.05, 0) is 0 Å². The standard InChI is InChI=1S/C11H10ClN3OS/c12-6-9(16)7-17-11-13-10(14-15-11)8-4-2-1-3-5-8/h1-5H,6-7H2,(H,13,14,15). The summed E-state index contributed by atoms with van der Waals surface area (Å²) in [7, 11) is 0. The van der Waals surface area contributed by atoms with Crippen LogP contribution in [0.4, 0.5) is 0 Å². The van der Waals surface area contributed by atoms with Crippen molar-refractivity contribution in [2.45, 2.75) is 5.16 Å². The highest BCUT2D eigenvalue weighted by molar-refractivity contribution is 7.99. The van der Waals surface area contributed by atoms with Crippen molar-refractivity contribution in [2.75, 3.05) is 11.6 Å². The maximum Gasteiger partial charge on any atom is 0.209 e. The Bertz CT molecular complexity index is 500. The quantitative estimate of drug-likeness (QED) is 0.667. The number of carbonyl (C=O) groups excluding carboxylic acids is 1. The second kappa shape index (κ2) is 5.84. The van der Waals surface area contributed by atoms with Gasteiger partial charge in [-0.2, -0.15) is 0 Å². The third kappa shape index (κ3) is 3.31. The highest BCUT2D eigenvalue weighted by Gasteiger charge is 2.07. The Kier molecular flexibility index (Phi) is 4.17. The number of nitrogens with one attached hydrogen (secondary N) is 1. The van der Waals surface area contributed by atoms with Gasteiger partial charge in [0.25, 0.3) is 0 Å². The van der Waals surface area contributed by atoms with E-state index in [-0.39, 0.29) is 11.7 Å². The number of nitrogens with zero attached hydrogens (tertiary/aromatic N) is 2. The number of H-pyrrole nitrogens is 1. The molecule has 0 radical (unpaired) electrons. The number of Topliss-reactive ketones (excluding diaryl/α,β-unsaturated/α-hetero) is 1. The molecule has 1 aromatic heterocycles. The summed E-state index contributed by atoms with van der Waals surface area (Å²) in [5.74, 6) is 1.01. The number of aromatic amines is 1. The first-order valence-electron chi connectivity index (χ1n) is 4.98. The largest absolute Gasteiger partial charge is 0.297 e. The molecule has 17 heavy (non-hydrogen) atoms. The number of rotatable bonds is 5. The Morgan fingerprint density at radius 3 is 2.82 bits per heavy atom. The lowest BCUT2D eigenvalue weighted by Crippen LogP contribution is -2.02. The normalized spacial score (nSPS) is 10.4. The number of aromatic nitrogens is 3. The molecular formula is C11H10ClN3OS. The first kappa shape index (κ1) is 12.1. The highest BCUT2D eigenvalue weighted by atomic mass is 35.5. The number of hydrogen-bond acceptors (Lipinski definition) is 4. The van der Waals surface area contributed by atoms with Crippen molar-refractivity contribution in [3.63, 3.8) is 0 Å². The van der Waals surface area contributed by atoms with Crippen molar-refractivity contribution in [2.24, 2.45) is 0 Å². The van der Waals surface area contributed by atoms with Gasteiger partial charge in [0.2, 0.25) is 5.16 Å². The minimum Gasteiger partial charge on any atom is -0.297 e. The van der Waals surface area contributed by atoms with E-state index in [9.17, 15) is 4.79 Å². The molecule has 0 saturated carbocycles. The topological polar surface area (TPSA) is 58.6 Å². The van der Waals surface area contributed by atoms with E-state index in [1.54, 1.807) is 0 Å². The van der Waals surface area contributed by atoms with E-state index < -0.39 is 0 Å². The molecule has 0 aliphatic rings. The molecule has 2 aromatic rings. The monoisotopic (exact) mass is 267 g/mol. The average Bonchev–Trinajstić information content (AvgIpc) is 2.86. The number of ketones is 1. The van der Waals surface area contributed by atoms with Crippen LogP contribution in [0.5, 0.6) is 0 Å². The molecule has 1 aromatic carbocycles. The van der Waals surface area contributed by atoms with E-state index >= 15 is 0 Å². The number of carbonyl (C=O) groups is 1. The van der Waals surface area contributed by atoms with Gasteiger partial charge in [-0.25, -0.2) is 4.98 Å². The van der Waals surface area contributed by atoms with Gasteiger partial charge in [-0.15, -0.1) is 16.7 Å². The van der Waals surface area contributed by atoms with Crippen LogP contribution in [0.1, 0.15) is 0 Å². The van der Waals surface area contributed by atoms with Gasteiger partial charge in [0, 0.05) is 5.56 Å².